The Morgan fingerprint density at radius 3 is 3.00 bits per heavy atom. The first-order valence-electron chi connectivity index (χ1n) is 6.62. The third-order valence-electron chi connectivity index (χ3n) is 2.85. The third-order valence-corrected chi connectivity index (χ3v) is 3.77. The lowest BCUT2D eigenvalue weighted by molar-refractivity contribution is 0.142. The van der Waals surface area contributed by atoms with Gasteiger partial charge in [-0.1, -0.05) is 11.6 Å². The molecular formula is C14H16BrClFN3O. The quantitative estimate of drug-likeness (QED) is 0.717. The fraction of sp³-hybridized carbons (Fsp3) is 0.357. The Bertz CT molecular complexity index is 583. The van der Waals surface area contributed by atoms with Crippen molar-refractivity contribution >= 4 is 39.2 Å². The summed E-state index contributed by atoms with van der Waals surface area (Å²) >= 11 is 9.36. The van der Waals surface area contributed by atoms with Crippen LogP contribution in [0.15, 0.2) is 29.0 Å². The molecule has 0 saturated carbocycles. The zero-order valence-corrected chi connectivity index (χ0v) is 13.9. The molecule has 7 heteroatoms. The van der Waals surface area contributed by atoms with Crippen LogP contribution in [0.4, 0.5) is 16.0 Å². The topological polar surface area (TPSA) is 39.1 Å². The van der Waals surface area contributed by atoms with Gasteiger partial charge in [0.05, 0.1) is 10.7 Å². The molecule has 0 fully saturated rings. The van der Waals surface area contributed by atoms with Crippen molar-refractivity contribution in [2.24, 2.45) is 0 Å². The molecule has 1 aromatic carbocycles. The Morgan fingerprint density at radius 2 is 2.29 bits per heavy atom. The van der Waals surface area contributed by atoms with Crippen LogP contribution in [0.1, 0.15) is 13.3 Å². The Morgan fingerprint density at radius 1 is 1.48 bits per heavy atom. The molecule has 0 bridgehead atoms. The van der Waals surface area contributed by atoms with Crippen molar-refractivity contribution < 1.29 is 9.13 Å². The Kier molecular flexibility index (Phi) is 6.02. The lowest BCUT2D eigenvalue weighted by Crippen LogP contribution is -2.06. The van der Waals surface area contributed by atoms with E-state index in [0.717, 1.165) is 13.0 Å². The first-order chi connectivity index (χ1) is 10.1. The number of nitrogens with zero attached hydrogens (tertiary/aromatic N) is 2. The molecule has 0 spiro atoms. The Hall–Kier alpha value is -1.11. The average Bonchev–Trinajstić information content (AvgIpc) is 2.86. The van der Waals surface area contributed by atoms with Crippen molar-refractivity contribution in [1.29, 1.82) is 0 Å². The number of hydrogen-bond acceptors (Lipinski definition) is 3. The van der Waals surface area contributed by atoms with Gasteiger partial charge in [-0.15, -0.1) is 0 Å². The summed E-state index contributed by atoms with van der Waals surface area (Å²) in [4.78, 5) is 4.25. The summed E-state index contributed by atoms with van der Waals surface area (Å²) in [5.74, 6) is 0.262. The van der Waals surface area contributed by atoms with Gasteiger partial charge in [-0.3, -0.25) is 0 Å². The van der Waals surface area contributed by atoms with Crippen LogP contribution in [0.2, 0.25) is 5.02 Å². The number of halogens is 3. The predicted octanol–water partition coefficient (Wildman–Crippen LogP) is 4.61. The molecule has 1 aromatic heterocycles. The highest BCUT2D eigenvalue weighted by Crippen LogP contribution is 2.33. The molecule has 0 aliphatic carbocycles. The zero-order chi connectivity index (χ0) is 15.2. The van der Waals surface area contributed by atoms with Crippen LogP contribution in [-0.2, 0) is 11.3 Å². The van der Waals surface area contributed by atoms with Gasteiger partial charge in [0.25, 0.3) is 0 Å². The van der Waals surface area contributed by atoms with Gasteiger partial charge in [-0.2, -0.15) is 0 Å². The molecule has 2 rings (SSSR count). The summed E-state index contributed by atoms with van der Waals surface area (Å²) in [5.41, 5.74) is 0.593. The lowest BCUT2D eigenvalue weighted by Gasteiger charge is -2.12. The molecule has 21 heavy (non-hydrogen) atoms. The summed E-state index contributed by atoms with van der Waals surface area (Å²) in [6.45, 7) is 4.17. The van der Waals surface area contributed by atoms with E-state index in [1.54, 1.807) is 6.20 Å². The maximum absolute atomic E-state index is 13.2. The monoisotopic (exact) mass is 375 g/mol. The fourth-order valence-electron chi connectivity index (χ4n) is 1.87. The van der Waals surface area contributed by atoms with Gasteiger partial charge in [-0.05, 0) is 41.4 Å². The van der Waals surface area contributed by atoms with E-state index in [4.69, 9.17) is 16.3 Å². The average molecular weight is 377 g/mol. The molecule has 0 aliphatic heterocycles. The number of aryl methyl sites for hydroxylation is 1. The second-order valence-electron chi connectivity index (χ2n) is 4.36. The second-order valence-corrected chi connectivity index (χ2v) is 5.63. The van der Waals surface area contributed by atoms with Crippen LogP contribution in [0.25, 0.3) is 0 Å². The molecule has 1 N–H and O–H groups in total. The summed E-state index contributed by atoms with van der Waals surface area (Å²) < 4.78 is 21.1. The number of aromatic nitrogens is 2. The standard InChI is InChI=1S/C14H16BrClFN3O/c1-2-21-7-3-5-20-6-4-18-14(20)19-13-11(15)8-10(17)9-12(13)16/h4,6,8-9H,2-3,5,7H2,1H3,(H,18,19). The van der Waals surface area contributed by atoms with E-state index in [-0.39, 0.29) is 0 Å². The van der Waals surface area contributed by atoms with Crippen LogP contribution < -0.4 is 5.32 Å². The van der Waals surface area contributed by atoms with Crippen molar-refractivity contribution in [3.63, 3.8) is 0 Å². The van der Waals surface area contributed by atoms with Crippen molar-refractivity contribution in [3.05, 3.63) is 39.8 Å². The van der Waals surface area contributed by atoms with Crippen LogP contribution in [0, 0.1) is 5.82 Å². The van der Waals surface area contributed by atoms with Gasteiger partial charge in [0.15, 0.2) is 0 Å². The maximum atomic E-state index is 13.2. The molecule has 0 aliphatic rings. The summed E-state index contributed by atoms with van der Waals surface area (Å²) in [6, 6.07) is 2.62. The lowest BCUT2D eigenvalue weighted by atomic mass is 10.3. The highest BCUT2D eigenvalue weighted by atomic mass is 79.9. The van der Waals surface area contributed by atoms with Crippen LogP contribution in [0.5, 0.6) is 0 Å². The molecule has 0 radical (unpaired) electrons. The van der Waals surface area contributed by atoms with Gasteiger partial charge in [-0.25, -0.2) is 9.37 Å². The van der Waals surface area contributed by atoms with Crippen molar-refractivity contribution in [2.75, 3.05) is 18.5 Å². The number of nitrogens with one attached hydrogen (secondary N) is 1. The van der Waals surface area contributed by atoms with E-state index in [1.165, 1.54) is 12.1 Å². The second kappa shape index (κ2) is 7.77. The van der Waals surface area contributed by atoms with Crippen LogP contribution in [0.3, 0.4) is 0 Å². The number of ether oxygens (including phenoxy) is 1. The smallest absolute Gasteiger partial charge is 0.207 e. The summed E-state index contributed by atoms with van der Waals surface area (Å²) in [7, 11) is 0. The van der Waals surface area contributed by atoms with Crippen molar-refractivity contribution in [3.8, 4) is 0 Å². The summed E-state index contributed by atoms with van der Waals surface area (Å²) in [5, 5.41) is 3.42. The number of anilines is 2. The first kappa shape index (κ1) is 16.3. The van der Waals surface area contributed by atoms with E-state index in [0.29, 0.717) is 34.3 Å². The molecule has 4 nitrogen and oxygen atoms in total. The van der Waals surface area contributed by atoms with Gasteiger partial charge < -0.3 is 14.6 Å². The highest BCUT2D eigenvalue weighted by molar-refractivity contribution is 9.10. The molecule has 1 heterocycles. The molecule has 2 aromatic rings. The molecule has 0 atom stereocenters. The zero-order valence-electron chi connectivity index (χ0n) is 11.6. The van der Waals surface area contributed by atoms with Crippen molar-refractivity contribution in [1.82, 2.24) is 9.55 Å². The molecule has 114 valence electrons. The Balaban J connectivity index is 2.09. The molecule has 0 saturated heterocycles. The molecule has 0 amide bonds. The number of imidazole rings is 1. The van der Waals surface area contributed by atoms with Crippen LogP contribution in [-0.4, -0.2) is 22.8 Å². The summed E-state index contributed by atoms with van der Waals surface area (Å²) in [6.07, 6.45) is 4.46. The highest BCUT2D eigenvalue weighted by Gasteiger charge is 2.11. The minimum atomic E-state index is -0.391. The van der Waals surface area contributed by atoms with E-state index < -0.39 is 5.82 Å². The van der Waals surface area contributed by atoms with E-state index in [1.807, 2.05) is 17.7 Å². The van der Waals surface area contributed by atoms with Gasteiger partial charge >= 0.3 is 0 Å². The van der Waals surface area contributed by atoms with Gasteiger partial charge in [0.2, 0.25) is 5.95 Å². The minimum absolute atomic E-state index is 0.297. The molecule has 0 unspecified atom stereocenters. The molecular weight excluding hydrogens is 361 g/mol. The van der Waals surface area contributed by atoms with E-state index in [9.17, 15) is 4.39 Å². The van der Waals surface area contributed by atoms with Crippen molar-refractivity contribution in [2.45, 2.75) is 19.9 Å². The number of hydrogen-bond donors (Lipinski definition) is 1. The normalized spacial score (nSPS) is 10.9. The van der Waals surface area contributed by atoms with Gasteiger partial charge in [0.1, 0.15) is 5.82 Å². The predicted molar refractivity (Wildman–Crippen MR) is 85.7 cm³/mol. The fourth-order valence-corrected chi connectivity index (χ4v) is 2.77. The maximum Gasteiger partial charge on any atom is 0.207 e. The van der Waals surface area contributed by atoms with Gasteiger partial charge in [0, 0.05) is 36.6 Å². The first-order valence-corrected chi connectivity index (χ1v) is 7.79. The SMILES string of the molecule is CCOCCCn1ccnc1Nc1c(Cl)cc(F)cc1Br. The minimum Gasteiger partial charge on any atom is -0.382 e. The van der Waals surface area contributed by atoms with Crippen LogP contribution >= 0.6 is 27.5 Å². The number of rotatable bonds is 7. The largest absolute Gasteiger partial charge is 0.382 e. The van der Waals surface area contributed by atoms with E-state index in [2.05, 4.69) is 26.2 Å². The Labute approximate surface area is 136 Å². The van der Waals surface area contributed by atoms with E-state index >= 15 is 0 Å². The third kappa shape index (κ3) is 4.43. The number of benzene rings is 1.